The van der Waals surface area contributed by atoms with Crippen molar-refractivity contribution in [1.29, 1.82) is 0 Å². The summed E-state index contributed by atoms with van der Waals surface area (Å²) >= 11 is 8.35. The number of piperidine rings is 1. The van der Waals surface area contributed by atoms with Crippen LogP contribution in [0.4, 0.5) is 5.69 Å². The largest absolute Gasteiger partial charge is 0.370 e. The number of halogens is 1. The Morgan fingerprint density at radius 3 is 2.56 bits per heavy atom. The Morgan fingerprint density at radius 1 is 1.39 bits per heavy atom. The molecule has 1 atom stereocenters. The van der Waals surface area contributed by atoms with Gasteiger partial charge in [0, 0.05) is 24.4 Å². The number of nitrogens with two attached hydrogens (primary N) is 1. The van der Waals surface area contributed by atoms with Crippen LogP contribution in [0.2, 0.25) is 5.02 Å². The molecule has 1 aliphatic rings. The number of hydrogen-bond donors (Lipinski definition) is 1. The zero-order chi connectivity index (χ0) is 13.1. The first-order valence-corrected chi connectivity index (χ1v) is 8.11. The summed E-state index contributed by atoms with van der Waals surface area (Å²) in [5.74, 6) is 0. The quantitative estimate of drug-likeness (QED) is 0.918. The SMILES string of the molecule is CSC1CCN(c2ccc([C@H](C)N)cc2Cl)CC1. The van der Waals surface area contributed by atoms with Gasteiger partial charge in [-0.15, -0.1) is 0 Å². The van der Waals surface area contributed by atoms with Gasteiger partial charge in [-0.3, -0.25) is 0 Å². The van der Waals surface area contributed by atoms with Gasteiger partial charge in [0.25, 0.3) is 0 Å². The van der Waals surface area contributed by atoms with Crippen molar-refractivity contribution in [2.75, 3.05) is 24.2 Å². The van der Waals surface area contributed by atoms with E-state index in [1.165, 1.54) is 12.8 Å². The van der Waals surface area contributed by atoms with Crippen LogP contribution in [-0.4, -0.2) is 24.6 Å². The molecule has 4 heteroatoms. The fourth-order valence-corrected chi connectivity index (χ4v) is 3.39. The van der Waals surface area contributed by atoms with Crippen LogP contribution in [0.15, 0.2) is 18.2 Å². The fraction of sp³-hybridized carbons (Fsp3) is 0.571. The summed E-state index contributed by atoms with van der Waals surface area (Å²) in [6.45, 7) is 4.18. The standard InChI is InChI=1S/C14H21ClN2S/c1-10(16)11-3-4-14(13(15)9-11)17-7-5-12(18-2)6-8-17/h3-4,9-10,12H,5-8,16H2,1-2H3/t10-/m0/s1. The van der Waals surface area contributed by atoms with Gasteiger partial charge < -0.3 is 10.6 Å². The number of hydrogen-bond acceptors (Lipinski definition) is 3. The molecule has 0 amide bonds. The van der Waals surface area contributed by atoms with Crippen LogP contribution in [0.25, 0.3) is 0 Å². The van der Waals surface area contributed by atoms with E-state index in [1.807, 2.05) is 24.8 Å². The summed E-state index contributed by atoms with van der Waals surface area (Å²) in [4.78, 5) is 2.39. The maximum Gasteiger partial charge on any atom is 0.0642 e. The van der Waals surface area contributed by atoms with E-state index in [1.54, 1.807) is 0 Å². The van der Waals surface area contributed by atoms with Crippen LogP contribution >= 0.6 is 23.4 Å². The predicted octanol–water partition coefficient (Wildman–Crippen LogP) is 3.69. The highest BCUT2D eigenvalue weighted by molar-refractivity contribution is 7.99. The molecule has 1 saturated heterocycles. The molecule has 100 valence electrons. The maximum atomic E-state index is 6.37. The van der Waals surface area contributed by atoms with Crippen molar-refractivity contribution in [3.05, 3.63) is 28.8 Å². The Balaban J connectivity index is 2.10. The molecule has 2 N–H and O–H groups in total. The highest BCUT2D eigenvalue weighted by Gasteiger charge is 2.20. The van der Waals surface area contributed by atoms with E-state index in [-0.39, 0.29) is 6.04 Å². The van der Waals surface area contributed by atoms with E-state index in [2.05, 4.69) is 23.3 Å². The molecule has 0 radical (unpaired) electrons. The first kappa shape index (κ1) is 14.0. The van der Waals surface area contributed by atoms with Crippen molar-refractivity contribution in [2.24, 2.45) is 5.73 Å². The number of anilines is 1. The van der Waals surface area contributed by atoms with Crippen LogP contribution < -0.4 is 10.6 Å². The lowest BCUT2D eigenvalue weighted by Crippen LogP contribution is -2.34. The van der Waals surface area contributed by atoms with Crippen molar-refractivity contribution in [3.8, 4) is 0 Å². The molecule has 1 aromatic rings. The highest BCUT2D eigenvalue weighted by Crippen LogP contribution is 2.32. The summed E-state index contributed by atoms with van der Waals surface area (Å²) in [5.41, 5.74) is 8.13. The fourth-order valence-electron chi connectivity index (χ4n) is 2.40. The second-order valence-corrected chi connectivity index (χ2v) is 6.47. The third-order valence-corrected chi connectivity index (χ3v) is 5.05. The molecule has 1 aliphatic heterocycles. The lowest BCUT2D eigenvalue weighted by Gasteiger charge is -2.33. The van der Waals surface area contributed by atoms with Gasteiger partial charge in [-0.25, -0.2) is 0 Å². The Hall–Kier alpha value is -0.380. The molecule has 0 aromatic heterocycles. The lowest BCUT2D eigenvalue weighted by atomic mass is 10.1. The third-order valence-electron chi connectivity index (χ3n) is 3.61. The van der Waals surface area contributed by atoms with Gasteiger partial charge in [0.2, 0.25) is 0 Å². The van der Waals surface area contributed by atoms with Crippen molar-refractivity contribution >= 4 is 29.1 Å². The van der Waals surface area contributed by atoms with Crippen molar-refractivity contribution in [2.45, 2.75) is 31.1 Å². The molecular formula is C14H21ClN2S. The molecule has 2 nitrogen and oxygen atoms in total. The Morgan fingerprint density at radius 2 is 2.06 bits per heavy atom. The minimum atomic E-state index is 0.0405. The highest BCUT2D eigenvalue weighted by atomic mass is 35.5. The van der Waals surface area contributed by atoms with Crippen LogP contribution in [0.5, 0.6) is 0 Å². The average Bonchev–Trinajstić information content (AvgIpc) is 2.38. The molecule has 2 rings (SSSR count). The van der Waals surface area contributed by atoms with Gasteiger partial charge in [0.05, 0.1) is 10.7 Å². The second-order valence-electron chi connectivity index (χ2n) is 4.92. The van der Waals surface area contributed by atoms with Crippen molar-refractivity contribution in [3.63, 3.8) is 0 Å². The summed E-state index contributed by atoms with van der Waals surface area (Å²) < 4.78 is 0. The summed E-state index contributed by atoms with van der Waals surface area (Å²) in [6.07, 6.45) is 4.68. The zero-order valence-electron chi connectivity index (χ0n) is 11.0. The number of rotatable bonds is 3. The molecule has 1 aromatic carbocycles. The first-order valence-electron chi connectivity index (χ1n) is 6.44. The second kappa shape index (κ2) is 6.18. The van der Waals surface area contributed by atoms with Crippen LogP contribution in [0.3, 0.4) is 0 Å². The van der Waals surface area contributed by atoms with Crippen molar-refractivity contribution < 1.29 is 0 Å². The summed E-state index contributed by atoms with van der Waals surface area (Å²) in [5, 5.41) is 1.63. The molecule has 18 heavy (non-hydrogen) atoms. The summed E-state index contributed by atoms with van der Waals surface area (Å²) in [6, 6.07) is 6.24. The lowest BCUT2D eigenvalue weighted by molar-refractivity contribution is 0.591. The number of nitrogens with zero attached hydrogens (tertiary/aromatic N) is 1. The van der Waals surface area contributed by atoms with E-state index in [9.17, 15) is 0 Å². The van der Waals surface area contributed by atoms with Crippen molar-refractivity contribution in [1.82, 2.24) is 0 Å². The van der Waals surface area contributed by atoms with E-state index < -0.39 is 0 Å². The van der Waals surface area contributed by atoms with Gasteiger partial charge in [0.1, 0.15) is 0 Å². The maximum absolute atomic E-state index is 6.37. The van der Waals surface area contributed by atoms with E-state index in [0.29, 0.717) is 0 Å². The third kappa shape index (κ3) is 3.14. The topological polar surface area (TPSA) is 29.3 Å². The van der Waals surface area contributed by atoms with Gasteiger partial charge in [-0.05, 0) is 43.7 Å². The summed E-state index contributed by atoms with van der Waals surface area (Å²) in [7, 11) is 0. The molecule has 1 heterocycles. The minimum Gasteiger partial charge on any atom is -0.370 e. The molecule has 0 saturated carbocycles. The average molecular weight is 285 g/mol. The molecule has 0 bridgehead atoms. The molecule has 0 unspecified atom stereocenters. The van der Waals surface area contributed by atoms with Gasteiger partial charge in [-0.1, -0.05) is 17.7 Å². The van der Waals surface area contributed by atoms with Crippen LogP contribution in [0.1, 0.15) is 31.4 Å². The van der Waals surface area contributed by atoms with E-state index >= 15 is 0 Å². The molecule has 0 aliphatic carbocycles. The first-order chi connectivity index (χ1) is 8.61. The van der Waals surface area contributed by atoms with E-state index in [4.69, 9.17) is 17.3 Å². The Labute approximate surface area is 119 Å². The van der Waals surface area contributed by atoms with Crippen LogP contribution in [-0.2, 0) is 0 Å². The predicted molar refractivity (Wildman–Crippen MR) is 82.8 cm³/mol. The van der Waals surface area contributed by atoms with Gasteiger partial charge in [-0.2, -0.15) is 11.8 Å². The van der Waals surface area contributed by atoms with Crippen LogP contribution in [0, 0.1) is 0 Å². The monoisotopic (exact) mass is 284 g/mol. The number of thioether (sulfide) groups is 1. The molecule has 0 spiro atoms. The Kier molecular flexibility index (Phi) is 4.82. The van der Waals surface area contributed by atoms with E-state index in [0.717, 1.165) is 34.6 Å². The minimum absolute atomic E-state index is 0.0405. The normalized spacial score (nSPS) is 19.0. The smallest absolute Gasteiger partial charge is 0.0642 e. The molecule has 1 fully saturated rings. The zero-order valence-corrected chi connectivity index (χ0v) is 12.6. The van der Waals surface area contributed by atoms with Gasteiger partial charge in [0.15, 0.2) is 0 Å². The number of benzene rings is 1. The molecular weight excluding hydrogens is 264 g/mol. The Bertz CT molecular complexity index is 401. The van der Waals surface area contributed by atoms with Gasteiger partial charge >= 0.3 is 0 Å².